The number of nitrogens with one attached hydrogen (secondary N) is 2. The van der Waals surface area contributed by atoms with Crippen LogP contribution >= 0.6 is 0 Å². The Hall–Kier alpha value is -1.44. The molecular formula is C19H31N3O3S. The number of rotatable bonds is 7. The van der Waals surface area contributed by atoms with E-state index >= 15 is 0 Å². The summed E-state index contributed by atoms with van der Waals surface area (Å²) in [5.41, 5.74) is 0.364. The molecule has 0 atom stereocenters. The zero-order valence-corrected chi connectivity index (χ0v) is 17.0. The SMILES string of the molecule is CC(C)NS(=O)(=O)c1ccc(C(=O)NCC(C)(C)N2CCCCC2)cc1. The molecule has 2 rings (SSSR count). The third-order valence-corrected chi connectivity index (χ3v) is 6.39. The van der Waals surface area contributed by atoms with Crippen molar-refractivity contribution in [2.24, 2.45) is 0 Å². The number of amides is 1. The molecule has 1 saturated heterocycles. The molecule has 1 aromatic carbocycles. The Labute approximate surface area is 157 Å². The second kappa shape index (κ2) is 8.50. The number of carbonyl (C=O) groups excluding carboxylic acids is 1. The Kier molecular flexibility index (Phi) is 6.82. The summed E-state index contributed by atoms with van der Waals surface area (Å²) in [4.78, 5) is 15.0. The van der Waals surface area contributed by atoms with Crippen molar-refractivity contribution in [3.63, 3.8) is 0 Å². The standard InChI is InChI=1S/C19H31N3O3S/c1-15(2)21-26(24,25)17-10-8-16(9-11-17)18(23)20-14-19(3,4)22-12-6-5-7-13-22/h8-11,15,21H,5-7,12-14H2,1-4H3,(H,20,23). The smallest absolute Gasteiger partial charge is 0.251 e. The molecule has 1 fully saturated rings. The van der Waals surface area contributed by atoms with Gasteiger partial charge < -0.3 is 5.32 Å². The van der Waals surface area contributed by atoms with E-state index in [0.717, 1.165) is 13.1 Å². The van der Waals surface area contributed by atoms with Crippen LogP contribution in [0.15, 0.2) is 29.2 Å². The number of nitrogens with zero attached hydrogens (tertiary/aromatic N) is 1. The maximum absolute atomic E-state index is 12.4. The van der Waals surface area contributed by atoms with Gasteiger partial charge in [-0.1, -0.05) is 6.42 Å². The average molecular weight is 382 g/mol. The summed E-state index contributed by atoms with van der Waals surface area (Å²) in [6, 6.07) is 5.86. The van der Waals surface area contributed by atoms with E-state index in [1.165, 1.54) is 31.4 Å². The largest absolute Gasteiger partial charge is 0.350 e. The summed E-state index contributed by atoms with van der Waals surface area (Å²) in [6.07, 6.45) is 3.69. The second-order valence-corrected chi connectivity index (χ2v) is 9.56. The van der Waals surface area contributed by atoms with Crippen LogP contribution in [0.1, 0.15) is 57.3 Å². The summed E-state index contributed by atoms with van der Waals surface area (Å²) in [5.74, 6) is -0.184. The first-order chi connectivity index (χ1) is 12.1. The summed E-state index contributed by atoms with van der Waals surface area (Å²) in [5, 5.41) is 2.98. The van der Waals surface area contributed by atoms with Crippen molar-refractivity contribution < 1.29 is 13.2 Å². The Morgan fingerprint density at radius 2 is 1.69 bits per heavy atom. The van der Waals surface area contributed by atoms with Gasteiger partial charge >= 0.3 is 0 Å². The van der Waals surface area contributed by atoms with Gasteiger partial charge in [-0.3, -0.25) is 9.69 Å². The van der Waals surface area contributed by atoms with Gasteiger partial charge in [-0.2, -0.15) is 0 Å². The van der Waals surface area contributed by atoms with Crippen LogP contribution in [0.5, 0.6) is 0 Å². The lowest BCUT2D eigenvalue weighted by Crippen LogP contribution is -2.53. The number of piperidine rings is 1. The van der Waals surface area contributed by atoms with Crippen molar-refractivity contribution in [1.82, 2.24) is 14.9 Å². The van der Waals surface area contributed by atoms with Gasteiger partial charge in [-0.15, -0.1) is 0 Å². The minimum atomic E-state index is -3.54. The van der Waals surface area contributed by atoms with Crippen molar-refractivity contribution in [1.29, 1.82) is 0 Å². The first-order valence-corrected chi connectivity index (χ1v) is 10.8. The molecule has 0 unspecified atom stereocenters. The molecule has 0 aromatic heterocycles. The Morgan fingerprint density at radius 1 is 1.12 bits per heavy atom. The van der Waals surface area contributed by atoms with Gasteiger partial charge in [0.1, 0.15) is 0 Å². The van der Waals surface area contributed by atoms with Crippen molar-refractivity contribution in [3.8, 4) is 0 Å². The fourth-order valence-corrected chi connectivity index (χ4v) is 4.42. The minimum Gasteiger partial charge on any atom is -0.350 e. The van der Waals surface area contributed by atoms with E-state index in [0.29, 0.717) is 12.1 Å². The lowest BCUT2D eigenvalue weighted by molar-refractivity contribution is 0.0797. The highest BCUT2D eigenvalue weighted by Gasteiger charge is 2.28. The highest BCUT2D eigenvalue weighted by molar-refractivity contribution is 7.89. The number of benzene rings is 1. The zero-order valence-electron chi connectivity index (χ0n) is 16.2. The normalized spacial score (nSPS) is 16.7. The van der Waals surface area contributed by atoms with Gasteiger partial charge in [-0.05, 0) is 77.9 Å². The molecule has 6 nitrogen and oxygen atoms in total. The Morgan fingerprint density at radius 3 is 2.23 bits per heavy atom. The molecule has 1 heterocycles. The molecule has 26 heavy (non-hydrogen) atoms. The predicted molar refractivity (Wildman–Crippen MR) is 104 cm³/mol. The average Bonchev–Trinajstić information content (AvgIpc) is 2.59. The Balaban J connectivity index is 1.97. The van der Waals surface area contributed by atoms with Crippen LogP contribution in [-0.4, -0.2) is 50.4 Å². The van der Waals surface area contributed by atoms with Crippen LogP contribution < -0.4 is 10.0 Å². The molecule has 1 amide bonds. The van der Waals surface area contributed by atoms with Gasteiger partial charge in [0.05, 0.1) is 4.90 Å². The molecule has 1 aromatic rings. The van der Waals surface area contributed by atoms with Gasteiger partial charge in [0.25, 0.3) is 5.91 Å². The summed E-state index contributed by atoms with van der Waals surface area (Å²) < 4.78 is 26.8. The van der Waals surface area contributed by atoms with Crippen molar-refractivity contribution in [2.45, 2.75) is 63.4 Å². The van der Waals surface area contributed by atoms with E-state index in [2.05, 4.69) is 28.8 Å². The van der Waals surface area contributed by atoms with Crippen LogP contribution in [0, 0.1) is 0 Å². The lowest BCUT2D eigenvalue weighted by Gasteiger charge is -2.41. The van der Waals surface area contributed by atoms with Gasteiger partial charge in [0.15, 0.2) is 0 Å². The third-order valence-electron chi connectivity index (χ3n) is 4.71. The second-order valence-electron chi connectivity index (χ2n) is 7.84. The van der Waals surface area contributed by atoms with Crippen LogP contribution in [0.2, 0.25) is 0 Å². The summed E-state index contributed by atoms with van der Waals surface area (Å²) >= 11 is 0. The van der Waals surface area contributed by atoms with E-state index in [-0.39, 0.29) is 22.4 Å². The third kappa shape index (κ3) is 5.53. The molecule has 2 N–H and O–H groups in total. The van der Waals surface area contributed by atoms with Gasteiger partial charge in [0, 0.05) is 23.7 Å². The number of hydrogen-bond acceptors (Lipinski definition) is 4. The van der Waals surface area contributed by atoms with E-state index < -0.39 is 10.0 Å². The minimum absolute atomic E-state index is 0.0967. The number of carbonyl (C=O) groups is 1. The molecule has 0 aliphatic carbocycles. The fraction of sp³-hybridized carbons (Fsp3) is 0.632. The van der Waals surface area contributed by atoms with E-state index in [1.807, 2.05) is 0 Å². The van der Waals surface area contributed by atoms with E-state index in [4.69, 9.17) is 0 Å². The first kappa shape index (κ1) is 20.9. The van der Waals surface area contributed by atoms with Crippen LogP contribution in [0.3, 0.4) is 0 Å². The number of sulfonamides is 1. The van der Waals surface area contributed by atoms with Crippen molar-refractivity contribution in [2.75, 3.05) is 19.6 Å². The molecule has 0 spiro atoms. The maximum atomic E-state index is 12.4. The molecule has 0 saturated carbocycles. The molecule has 1 aliphatic rings. The molecule has 1 aliphatic heterocycles. The van der Waals surface area contributed by atoms with Gasteiger partial charge in [-0.25, -0.2) is 13.1 Å². The summed E-state index contributed by atoms with van der Waals surface area (Å²) in [6.45, 7) is 10.5. The number of likely N-dealkylation sites (tertiary alicyclic amines) is 1. The van der Waals surface area contributed by atoms with Crippen LogP contribution in [-0.2, 0) is 10.0 Å². The molecular weight excluding hydrogens is 350 g/mol. The quantitative estimate of drug-likeness (QED) is 0.760. The van der Waals surface area contributed by atoms with Crippen molar-refractivity contribution in [3.05, 3.63) is 29.8 Å². The fourth-order valence-electron chi connectivity index (χ4n) is 3.17. The maximum Gasteiger partial charge on any atom is 0.251 e. The van der Waals surface area contributed by atoms with E-state index in [9.17, 15) is 13.2 Å². The first-order valence-electron chi connectivity index (χ1n) is 9.27. The Bertz CT molecular complexity index is 706. The molecule has 7 heteroatoms. The number of hydrogen-bond donors (Lipinski definition) is 2. The summed E-state index contributed by atoms with van der Waals surface area (Å²) in [7, 11) is -3.54. The highest BCUT2D eigenvalue weighted by atomic mass is 32.2. The topological polar surface area (TPSA) is 78.5 Å². The predicted octanol–water partition coefficient (Wildman–Crippen LogP) is 2.37. The van der Waals surface area contributed by atoms with Crippen molar-refractivity contribution >= 4 is 15.9 Å². The van der Waals surface area contributed by atoms with Crippen LogP contribution in [0.4, 0.5) is 0 Å². The molecule has 146 valence electrons. The lowest BCUT2D eigenvalue weighted by atomic mass is 9.98. The highest BCUT2D eigenvalue weighted by Crippen LogP contribution is 2.20. The van der Waals surface area contributed by atoms with Crippen LogP contribution in [0.25, 0.3) is 0 Å². The molecule has 0 radical (unpaired) electrons. The monoisotopic (exact) mass is 381 g/mol. The van der Waals surface area contributed by atoms with Gasteiger partial charge in [0.2, 0.25) is 10.0 Å². The zero-order chi connectivity index (χ0) is 19.4. The van der Waals surface area contributed by atoms with E-state index in [1.54, 1.807) is 26.0 Å². The molecule has 0 bridgehead atoms.